The molecule has 0 atom stereocenters. The van der Waals surface area contributed by atoms with Gasteiger partial charge in [0.1, 0.15) is 0 Å². The Bertz CT molecular complexity index is 922. The summed E-state index contributed by atoms with van der Waals surface area (Å²) in [5, 5.41) is 2.64. The minimum atomic E-state index is -3.57. The Balaban J connectivity index is 2.03. The fraction of sp³-hybridized carbons (Fsp3) is 0.300. The van der Waals surface area contributed by atoms with E-state index in [2.05, 4.69) is 5.32 Å². The van der Waals surface area contributed by atoms with Crippen LogP contribution in [0.25, 0.3) is 0 Å². The van der Waals surface area contributed by atoms with Crippen molar-refractivity contribution in [3.63, 3.8) is 0 Å². The lowest BCUT2D eigenvalue weighted by Gasteiger charge is -2.19. The van der Waals surface area contributed by atoms with Crippen LogP contribution in [0.2, 0.25) is 0 Å². The number of rotatable bonds is 8. The van der Waals surface area contributed by atoms with Crippen LogP contribution in [0.4, 0.5) is 5.69 Å². The summed E-state index contributed by atoms with van der Waals surface area (Å²) in [4.78, 5) is 24.0. The summed E-state index contributed by atoms with van der Waals surface area (Å²) in [5.41, 5.74) is 2.69. The number of nitrogens with one attached hydrogen (secondary N) is 1. The van der Waals surface area contributed by atoms with E-state index in [4.69, 9.17) is 4.74 Å². The van der Waals surface area contributed by atoms with E-state index in [-0.39, 0.29) is 19.7 Å². The van der Waals surface area contributed by atoms with E-state index >= 15 is 0 Å². The van der Waals surface area contributed by atoms with Gasteiger partial charge in [0.05, 0.1) is 25.0 Å². The lowest BCUT2D eigenvalue weighted by atomic mass is 10.1. The zero-order chi connectivity index (χ0) is 20.7. The first-order chi connectivity index (χ1) is 13.2. The summed E-state index contributed by atoms with van der Waals surface area (Å²) in [6.45, 7) is 3.73. The largest absolute Gasteiger partial charge is 0.462 e. The lowest BCUT2D eigenvalue weighted by Crippen LogP contribution is -2.36. The van der Waals surface area contributed by atoms with E-state index in [9.17, 15) is 18.0 Å². The zero-order valence-electron chi connectivity index (χ0n) is 16.1. The fourth-order valence-corrected chi connectivity index (χ4v) is 3.19. The quantitative estimate of drug-likeness (QED) is 0.683. The summed E-state index contributed by atoms with van der Waals surface area (Å²) < 4.78 is 30.1. The second kappa shape index (κ2) is 9.48. The highest BCUT2D eigenvalue weighted by Crippen LogP contribution is 2.13. The molecule has 0 radical (unpaired) electrons. The van der Waals surface area contributed by atoms with E-state index in [0.29, 0.717) is 11.3 Å². The standard InChI is InChI=1S/C20H24N2O5S/c1-4-27-20(24)17-9-11-18(12-10-17)21-19(23)14-22(28(3,25)26)13-16-7-5-15(2)6-8-16/h5-12H,4,13-14H2,1-3H3,(H,21,23). The molecule has 1 amide bonds. The topological polar surface area (TPSA) is 92.8 Å². The summed E-state index contributed by atoms with van der Waals surface area (Å²) in [6, 6.07) is 13.6. The van der Waals surface area contributed by atoms with E-state index < -0.39 is 21.9 Å². The first-order valence-electron chi connectivity index (χ1n) is 8.76. The van der Waals surface area contributed by atoms with Crippen molar-refractivity contribution >= 4 is 27.6 Å². The number of carbonyl (C=O) groups excluding carboxylic acids is 2. The smallest absolute Gasteiger partial charge is 0.338 e. The molecule has 0 heterocycles. The molecular formula is C20H24N2O5S. The molecule has 0 aliphatic rings. The number of hydrogen-bond donors (Lipinski definition) is 1. The second-order valence-corrected chi connectivity index (χ2v) is 8.35. The fourth-order valence-electron chi connectivity index (χ4n) is 2.45. The molecule has 1 N–H and O–H groups in total. The predicted molar refractivity (Wildman–Crippen MR) is 107 cm³/mol. The zero-order valence-corrected chi connectivity index (χ0v) is 17.0. The highest BCUT2D eigenvalue weighted by molar-refractivity contribution is 7.88. The Kier molecular flexibility index (Phi) is 7.31. The maximum absolute atomic E-state index is 12.3. The molecule has 150 valence electrons. The van der Waals surface area contributed by atoms with Crippen molar-refractivity contribution in [3.8, 4) is 0 Å². The second-order valence-electron chi connectivity index (χ2n) is 6.36. The van der Waals surface area contributed by atoms with Crippen LogP contribution in [-0.4, -0.2) is 44.0 Å². The molecule has 0 unspecified atom stereocenters. The molecule has 7 nitrogen and oxygen atoms in total. The van der Waals surface area contributed by atoms with Crippen molar-refractivity contribution in [1.29, 1.82) is 0 Å². The maximum atomic E-state index is 12.3. The monoisotopic (exact) mass is 404 g/mol. The van der Waals surface area contributed by atoms with Gasteiger partial charge in [-0.2, -0.15) is 4.31 Å². The number of amides is 1. The van der Waals surface area contributed by atoms with Gasteiger partial charge in [-0.1, -0.05) is 29.8 Å². The molecule has 0 aliphatic carbocycles. The molecule has 2 aromatic carbocycles. The first kappa shape index (κ1) is 21.6. The van der Waals surface area contributed by atoms with E-state index in [1.165, 1.54) is 12.1 Å². The maximum Gasteiger partial charge on any atom is 0.338 e. The molecule has 0 bridgehead atoms. The molecule has 8 heteroatoms. The number of hydrogen-bond acceptors (Lipinski definition) is 5. The number of esters is 1. The lowest BCUT2D eigenvalue weighted by molar-refractivity contribution is -0.116. The average molecular weight is 404 g/mol. The number of ether oxygens (including phenoxy) is 1. The van der Waals surface area contributed by atoms with Crippen molar-refractivity contribution in [2.75, 3.05) is 24.7 Å². The van der Waals surface area contributed by atoms with Crippen LogP contribution < -0.4 is 5.32 Å². The van der Waals surface area contributed by atoms with Crippen LogP contribution in [0.3, 0.4) is 0 Å². The van der Waals surface area contributed by atoms with Gasteiger partial charge in [0.2, 0.25) is 15.9 Å². The van der Waals surface area contributed by atoms with Gasteiger partial charge < -0.3 is 10.1 Å². The van der Waals surface area contributed by atoms with E-state index in [0.717, 1.165) is 21.7 Å². The van der Waals surface area contributed by atoms with Gasteiger partial charge in [-0.05, 0) is 43.7 Å². The van der Waals surface area contributed by atoms with E-state index in [1.54, 1.807) is 19.1 Å². The number of benzene rings is 2. The van der Waals surface area contributed by atoms with Gasteiger partial charge in [-0.3, -0.25) is 4.79 Å². The van der Waals surface area contributed by atoms with Crippen LogP contribution >= 0.6 is 0 Å². The van der Waals surface area contributed by atoms with Gasteiger partial charge in [0.25, 0.3) is 0 Å². The Morgan fingerprint density at radius 3 is 2.18 bits per heavy atom. The van der Waals surface area contributed by atoms with Gasteiger partial charge in [0, 0.05) is 12.2 Å². The minimum Gasteiger partial charge on any atom is -0.462 e. The number of sulfonamides is 1. The third-order valence-corrected chi connectivity index (χ3v) is 5.14. The summed E-state index contributed by atoms with van der Waals surface area (Å²) in [6.07, 6.45) is 1.07. The van der Waals surface area contributed by atoms with Crippen molar-refractivity contribution in [2.45, 2.75) is 20.4 Å². The first-order valence-corrected chi connectivity index (χ1v) is 10.6. The summed E-state index contributed by atoms with van der Waals surface area (Å²) in [7, 11) is -3.57. The molecule has 28 heavy (non-hydrogen) atoms. The molecule has 0 fully saturated rings. The van der Waals surface area contributed by atoms with Crippen LogP contribution in [0.5, 0.6) is 0 Å². The number of carbonyl (C=O) groups is 2. The summed E-state index contributed by atoms with van der Waals surface area (Å²) in [5.74, 6) is -0.914. The Morgan fingerprint density at radius 2 is 1.64 bits per heavy atom. The van der Waals surface area contributed by atoms with Crippen LogP contribution in [-0.2, 0) is 26.1 Å². The van der Waals surface area contributed by atoms with Crippen molar-refractivity contribution < 1.29 is 22.7 Å². The molecular weight excluding hydrogens is 380 g/mol. The SMILES string of the molecule is CCOC(=O)c1ccc(NC(=O)CN(Cc2ccc(C)cc2)S(C)(=O)=O)cc1. The average Bonchev–Trinajstić information content (AvgIpc) is 2.63. The van der Waals surface area contributed by atoms with Crippen molar-refractivity contribution in [2.24, 2.45) is 0 Å². The predicted octanol–water partition coefficient (Wildman–Crippen LogP) is 2.57. The Hall–Kier alpha value is -2.71. The third kappa shape index (κ3) is 6.47. The highest BCUT2D eigenvalue weighted by Gasteiger charge is 2.20. The van der Waals surface area contributed by atoms with Gasteiger partial charge in [-0.25, -0.2) is 13.2 Å². The number of nitrogens with zero attached hydrogens (tertiary/aromatic N) is 1. The Morgan fingerprint density at radius 1 is 1.04 bits per heavy atom. The number of anilines is 1. The van der Waals surface area contributed by atoms with Crippen LogP contribution in [0.15, 0.2) is 48.5 Å². The minimum absolute atomic E-state index is 0.105. The van der Waals surface area contributed by atoms with Crippen molar-refractivity contribution in [1.82, 2.24) is 4.31 Å². The van der Waals surface area contributed by atoms with Gasteiger partial charge in [0.15, 0.2) is 0 Å². The molecule has 0 spiro atoms. The Labute approximate surface area is 165 Å². The normalized spacial score (nSPS) is 11.3. The molecule has 0 saturated heterocycles. The molecule has 0 saturated carbocycles. The third-order valence-electron chi connectivity index (χ3n) is 3.95. The van der Waals surface area contributed by atoms with Gasteiger partial charge in [-0.15, -0.1) is 0 Å². The molecule has 0 aromatic heterocycles. The summed E-state index contributed by atoms with van der Waals surface area (Å²) >= 11 is 0. The molecule has 2 rings (SSSR count). The van der Waals surface area contributed by atoms with E-state index in [1.807, 2.05) is 31.2 Å². The highest BCUT2D eigenvalue weighted by atomic mass is 32.2. The van der Waals surface area contributed by atoms with Crippen LogP contribution in [0, 0.1) is 6.92 Å². The van der Waals surface area contributed by atoms with Crippen LogP contribution in [0.1, 0.15) is 28.4 Å². The molecule has 0 aliphatic heterocycles. The molecule has 2 aromatic rings. The number of aryl methyl sites for hydroxylation is 1. The van der Waals surface area contributed by atoms with Gasteiger partial charge >= 0.3 is 5.97 Å². The van der Waals surface area contributed by atoms with Crippen molar-refractivity contribution in [3.05, 3.63) is 65.2 Å².